The number of nitrogens with one attached hydrogen (secondary N) is 1. The van der Waals surface area contributed by atoms with Crippen molar-refractivity contribution in [1.29, 1.82) is 0 Å². The number of halogens is 1. The van der Waals surface area contributed by atoms with Gasteiger partial charge in [-0.15, -0.1) is 0 Å². The van der Waals surface area contributed by atoms with E-state index in [0.29, 0.717) is 5.75 Å². The second-order valence-corrected chi connectivity index (χ2v) is 6.77. The fourth-order valence-electron chi connectivity index (χ4n) is 3.03. The number of benzene rings is 3. The molecule has 0 atom stereocenters. The maximum absolute atomic E-state index is 13.6. The van der Waals surface area contributed by atoms with Crippen molar-refractivity contribution in [2.75, 3.05) is 13.2 Å². The number of allylic oxidation sites excluding steroid dienone is 1. The highest BCUT2D eigenvalue weighted by atomic mass is 19.1. The summed E-state index contributed by atoms with van der Waals surface area (Å²) in [6.45, 7) is 2.37. The fourth-order valence-corrected chi connectivity index (χ4v) is 3.03. The number of rotatable bonds is 10. The highest BCUT2D eigenvalue weighted by Gasteiger charge is 2.09. The summed E-state index contributed by atoms with van der Waals surface area (Å²) in [6.07, 6.45) is 1.52. The minimum absolute atomic E-state index is 0.0826. The Morgan fingerprint density at radius 3 is 2.39 bits per heavy atom. The van der Waals surface area contributed by atoms with Crippen LogP contribution in [0.2, 0.25) is 0 Å². The zero-order valence-corrected chi connectivity index (χ0v) is 17.2. The van der Waals surface area contributed by atoms with Gasteiger partial charge in [0.15, 0.2) is 0 Å². The second-order valence-electron chi connectivity index (χ2n) is 6.77. The van der Waals surface area contributed by atoms with Gasteiger partial charge in [-0.3, -0.25) is 15.1 Å². The van der Waals surface area contributed by atoms with Gasteiger partial charge in [-0.1, -0.05) is 60.7 Å². The number of carbonyl (C=O) groups is 1. The molecular weight excluding hydrogens is 397 g/mol. The molecule has 0 radical (unpaired) electrons. The van der Waals surface area contributed by atoms with Crippen molar-refractivity contribution in [2.45, 2.75) is 13.3 Å². The third-order valence-corrected chi connectivity index (χ3v) is 4.59. The van der Waals surface area contributed by atoms with Crippen LogP contribution in [0, 0.1) is 5.82 Å². The lowest BCUT2D eigenvalue weighted by molar-refractivity contribution is -0.136. The van der Waals surface area contributed by atoms with Crippen molar-refractivity contribution in [2.24, 2.45) is 0 Å². The van der Waals surface area contributed by atoms with Crippen LogP contribution >= 0.6 is 0 Å². The molecule has 2 N–H and O–H groups in total. The van der Waals surface area contributed by atoms with Crippen LogP contribution in [0.3, 0.4) is 0 Å². The van der Waals surface area contributed by atoms with Gasteiger partial charge in [-0.05, 0) is 41.8 Å². The fraction of sp³-hybridized carbons (Fsp3) is 0.160. The summed E-state index contributed by atoms with van der Waals surface area (Å²) >= 11 is 0. The van der Waals surface area contributed by atoms with Crippen LogP contribution in [0.1, 0.15) is 18.1 Å². The smallest absolute Gasteiger partial charge is 0.307 e. The Bertz CT molecular complexity index is 1030. The minimum atomic E-state index is -1.10. The molecule has 0 aliphatic carbocycles. The van der Waals surface area contributed by atoms with Crippen LogP contribution in [0.4, 0.5) is 4.39 Å². The van der Waals surface area contributed by atoms with Crippen LogP contribution in [-0.2, 0) is 16.1 Å². The number of carboxylic acids is 1. The van der Waals surface area contributed by atoms with Crippen molar-refractivity contribution < 1.29 is 23.9 Å². The van der Waals surface area contributed by atoms with E-state index in [2.05, 4.69) is 29.7 Å². The molecule has 3 aromatic carbocycles. The van der Waals surface area contributed by atoms with Crippen LogP contribution in [0.25, 0.3) is 16.8 Å². The Morgan fingerprint density at radius 2 is 1.71 bits per heavy atom. The van der Waals surface area contributed by atoms with Crippen LogP contribution in [-0.4, -0.2) is 24.3 Å². The molecule has 0 aromatic heterocycles. The molecule has 0 aliphatic heterocycles. The molecule has 0 fully saturated rings. The summed E-state index contributed by atoms with van der Waals surface area (Å²) in [6, 6.07) is 22.4. The average molecular weight is 421 g/mol. The van der Waals surface area contributed by atoms with Crippen LogP contribution in [0.5, 0.6) is 5.75 Å². The van der Waals surface area contributed by atoms with Gasteiger partial charge in [0.2, 0.25) is 0 Å². The van der Waals surface area contributed by atoms with E-state index >= 15 is 0 Å². The monoisotopic (exact) mass is 421 g/mol. The molecular formula is C25H24FNO4. The van der Waals surface area contributed by atoms with E-state index in [4.69, 9.17) is 14.7 Å². The van der Waals surface area contributed by atoms with Crippen LogP contribution < -0.4 is 10.2 Å². The van der Waals surface area contributed by atoms with Gasteiger partial charge < -0.3 is 9.84 Å². The molecule has 0 saturated carbocycles. The van der Waals surface area contributed by atoms with Gasteiger partial charge in [0.25, 0.3) is 0 Å². The molecule has 6 heteroatoms. The molecule has 5 nitrogen and oxygen atoms in total. The van der Waals surface area contributed by atoms with E-state index in [-0.39, 0.29) is 18.8 Å². The van der Waals surface area contributed by atoms with Gasteiger partial charge in [0.1, 0.15) is 24.8 Å². The standard InChI is InChI=1S/C25H24FNO4/c1-2-24(20-10-8-19(9-11-20)18-6-4-3-5-7-18)27-31-15-14-30-22-12-13-23(26)21(16-22)17-25(28)29/h2-13,16,27H,14-15,17H2,1H3,(H,28,29). The van der Waals surface area contributed by atoms with Gasteiger partial charge in [-0.25, -0.2) is 4.39 Å². The van der Waals surface area contributed by atoms with Crippen molar-refractivity contribution in [3.05, 3.63) is 95.8 Å². The zero-order chi connectivity index (χ0) is 22.1. The first kappa shape index (κ1) is 22.1. The number of aliphatic carboxylic acids is 1. The molecule has 0 bridgehead atoms. The molecule has 0 spiro atoms. The van der Waals surface area contributed by atoms with Crippen molar-refractivity contribution >= 4 is 11.7 Å². The summed E-state index contributed by atoms with van der Waals surface area (Å²) in [5, 5.41) is 8.83. The maximum atomic E-state index is 13.6. The predicted molar refractivity (Wildman–Crippen MR) is 118 cm³/mol. The van der Waals surface area contributed by atoms with Crippen LogP contribution in [0.15, 0.2) is 78.9 Å². The molecule has 0 unspecified atom stereocenters. The van der Waals surface area contributed by atoms with Gasteiger partial charge >= 0.3 is 5.97 Å². The number of carboxylic acid groups (broad SMARTS) is 1. The number of hydrogen-bond acceptors (Lipinski definition) is 4. The minimum Gasteiger partial charge on any atom is -0.491 e. The SMILES string of the molecule is CC=C(NOCCOc1ccc(F)c(CC(=O)O)c1)c1ccc(-c2ccccc2)cc1. The summed E-state index contributed by atoms with van der Waals surface area (Å²) in [5.41, 5.74) is 7.11. The molecule has 0 aliphatic rings. The third-order valence-electron chi connectivity index (χ3n) is 4.59. The van der Waals surface area contributed by atoms with Crippen molar-refractivity contribution in [1.82, 2.24) is 5.48 Å². The Hall–Kier alpha value is -3.64. The van der Waals surface area contributed by atoms with E-state index in [1.165, 1.54) is 18.2 Å². The van der Waals surface area contributed by atoms with Gasteiger partial charge in [0.05, 0.1) is 12.1 Å². The first-order chi connectivity index (χ1) is 15.1. The average Bonchev–Trinajstić information content (AvgIpc) is 2.79. The molecule has 3 aromatic rings. The normalized spacial score (nSPS) is 11.2. The predicted octanol–water partition coefficient (Wildman–Crippen LogP) is 5.08. The molecule has 0 heterocycles. The lowest BCUT2D eigenvalue weighted by Crippen LogP contribution is -2.18. The first-order valence-electron chi connectivity index (χ1n) is 9.90. The Labute approximate surface area is 180 Å². The lowest BCUT2D eigenvalue weighted by Gasteiger charge is -2.13. The molecule has 0 amide bonds. The number of ether oxygens (including phenoxy) is 1. The Morgan fingerprint density at radius 1 is 1.00 bits per heavy atom. The quantitative estimate of drug-likeness (QED) is 0.353. The zero-order valence-electron chi connectivity index (χ0n) is 17.2. The van der Waals surface area contributed by atoms with Gasteiger partial charge in [-0.2, -0.15) is 0 Å². The topological polar surface area (TPSA) is 67.8 Å². The summed E-state index contributed by atoms with van der Waals surface area (Å²) < 4.78 is 19.1. The van der Waals surface area contributed by atoms with Crippen molar-refractivity contribution in [3.63, 3.8) is 0 Å². The Balaban J connectivity index is 1.48. The first-order valence-corrected chi connectivity index (χ1v) is 9.90. The van der Waals surface area contributed by atoms with E-state index in [1.807, 2.05) is 43.3 Å². The van der Waals surface area contributed by atoms with E-state index in [0.717, 1.165) is 22.4 Å². The molecule has 31 heavy (non-hydrogen) atoms. The second kappa shape index (κ2) is 10.9. The highest BCUT2D eigenvalue weighted by molar-refractivity contribution is 5.70. The number of hydroxylamine groups is 1. The highest BCUT2D eigenvalue weighted by Crippen LogP contribution is 2.22. The summed E-state index contributed by atoms with van der Waals surface area (Å²) in [4.78, 5) is 16.3. The van der Waals surface area contributed by atoms with Crippen molar-refractivity contribution in [3.8, 4) is 16.9 Å². The van der Waals surface area contributed by atoms with E-state index < -0.39 is 18.2 Å². The third kappa shape index (κ3) is 6.42. The van der Waals surface area contributed by atoms with Gasteiger partial charge in [0, 0.05) is 5.56 Å². The maximum Gasteiger partial charge on any atom is 0.307 e. The van der Waals surface area contributed by atoms with E-state index in [1.54, 1.807) is 0 Å². The lowest BCUT2D eigenvalue weighted by atomic mass is 10.0. The summed E-state index contributed by atoms with van der Waals surface area (Å²) in [5.74, 6) is -1.27. The number of hydrogen-bond donors (Lipinski definition) is 2. The largest absolute Gasteiger partial charge is 0.491 e. The van der Waals surface area contributed by atoms with E-state index in [9.17, 15) is 9.18 Å². The molecule has 0 saturated heterocycles. The Kier molecular flexibility index (Phi) is 7.79. The molecule has 3 rings (SSSR count). The summed E-state index contributed by atoms with van der Waals surface area (Å²) in [7, 11) is 0. The molecule has 160 valence electrons.